The van der Waals surface area contributed by atoms with Gasteiger partial charge in [-0.1, -0.05) is 12.1 Å². The van der Waals surface area contributed by atoms with Gasteiger partial charge < -0.3 is 14.8 Å². The van der Waals surface area contributed by atoms with Crippen molar-refractivity contribution in [2.45, 2.75) is 18.9 Å². The van der Waals surface area contributed by atoms with Gasteiger partial charge >= 0.3 is 0 Å². The van der Waals surface area contributed by atoms with E-state index in [0.717, 1.165) is 23.8 Å². The molecule has 2 aromatic rings. The van der Waals surface area contributed by atoms with Crippen LogP contribution in [0.15, 0.2) is 48.5 Å². The number of benzene rings is 2. The summed E-state index contributed by atoms with van der Waals surface area (Å²) in [4.78, 5) is 0. The largest absolute Gasteiger partial charge is 0.497 e. The first-order chi connectivity index (χ1) is 9.85. The SMILES string of the molecule is COc1ccc(Oc2ccc(C3CCCN3)cc2)cc1. The molecule has 0 amide bonds. The molecule has 1 atom stereocenters. The van der Waals surface area contributed by atoms with Gasteiger partial charge in [-0.05, 0) is 61.3 Å². The molecule has 3 nitrogen and oxygen atoms in total. The van der Waals surface area contributed by atoms with Crippen molar-refractivity contribution in [1.29, 1.82) is 0 Å². The number of rotatable bonds is 4. The van der Waals surface area contributed by atoms with Crippen LogP contribution in [0.2, 0.25) is 0 Å². The van der Waals surface area contributed by atoms with E-state index in [4.69, 9.17) is 9.47 Å². The summed E-state index contributed by atoms with van der Waals surface area (Å²) in [6.07, 6.45) is 2.48. The lowest BCUT2D eigenvalue weighted by Gasteiger charge is -2.12. The van der Waals surface area contributed by atoms with Crippen LogP contribution in [0.4, 0.5) is 0 Å². The molecule has 2 aromatic carbocycles. The quantitative estimate of drug-likeness (QED) is 0.912. The third-order valence-electron chi connectivity index (χ3n) is 3.64. The molecule has 1 fully saturated rings. The highest BCUT2D eigenvalue weighted by Gasteiger charge is 2.15. The maximum atomic E-state index is 5.82. The lowest BCUT2D eigenvalue weighted by Crippen LogP contribution is -2.12. The summed E-state index contributed by atoms with van der Waals surface area (Å²) in [7, 11) is 1.66. The molecule has 20 heavy (non-hydrogen) atoms. The Morgan fingerprint density at radius 1 is 0.900 bits per heavy atom. The van der Waals surface area contributed by atoms with E-state index in [1.54, 1.807) is 7.11 Å². The molecule has 1 heterocycles. The average molecular weight is 269 g/mol. The Kier molecular flexibility index (Phi) is 3.88. The Labute approximate surface area is 119 Å². The monoisotopic (exact) mass is 269 g/mol. The summed E-state index contributed by atoms with van der Waals surface area (Å²) in [6, 6.07) is 16.4. The fraction of sp³-hybridized carbons (Fsp3) is 0.294. The van der Waals surface area contributed by atoms with E-state index in [1.807, 2.05) is 36.4 Å². The average Bonchev–Trinajstić information content (AvgIpc) is 3.03. The molecule has 0 aliphatic carbocycles. The zero-order chi connectivity index (χ0) is 13.8. The van der Waals surface area contributed by atoms with Gasteiger partial charge in [0, 0.05) is 6.04 Å². The van der Waals surface area contributed by atoms with Crippen molar-refractivity contribution in [2.24, 2.45) is 0 Å². The normalized spacial score (nSPS) is 17.9. The standard InChI is InChI=1S/C17H19NO2/c1-19-14-8-10-16(11-9-14)20-15-6-4-13(5-7-15)17-3-2-12-18-17/h4-11,17-18H,2-3,12H2,1H3. The van der Waals surface area contributed by atoms with Gasteiger partial charge in [-0.2, -0.15) is 0 Å². The highest BCUT2D eigenvalue weighted by atomic mass is 16.5. The molecule has 0 saturated carbocycles. The summed E-state index contributed by atoms with van der Waals surface area (Å²) in [5.74, 6) is 2.51. The number of methoxy groups -OCH3 is 1. The second kappa shape index (κ2) is 5.97. The Morgan fingerprint density at radius 3 is 2.05 bits per heavy atom. The van der Waals surface area contributed by atoms with Gasteiger partial charge in [0.25, 0.3) is 0 Å². The van der Waals surface area contributed by atoms with Crippen molar-refractivity contribution in [3.8, 4) is 17.2 Å². The van der Waals surface area contributed by atoms with Gasteiger partial charge in [-0.3, -0.25) is 0 Å². The molecule has 1 aliphatic heterocycles. The van der Waals surface area contributed by atoms with Crippen molar-refractivity contribution in [1.82, 2.24) is 5.32 Å². The summed E-state index contributed by atoms with van der Waals surface area (Å²) in [5, 5.41) is 3.50. The van der Waals surface area contributed by atoms with Gasteiger partial charge in [0.05, 0.1) is 7.11 Å². The van der Waals surface area contributed by atoms with Gasteiger partial charge in [0.1, 0.15) is 17.2 Å². The first-order valence-corrected chi connectivity index (χ1v) is 7.00. The van der Waals surface area contributed by atoms with Gasteiger partial charge in [-0.25, -0.2) is 0 Å². The highest BCUT2D eigenvalue weighted by Crippen LogP contribution is 2.27. The summed E-state index contributed by atoms with van der Waals surface area (Å²) in [6.45, 7) is 1.12. The molecule has 3 rings (SSSR count). The minimum absolute atomic E-state index is 0.505. The van der Waals surface area contributed by atoms with Crippen molar-refractivity contribution < 1.29 is 9.47 Å². The van der Waals surface area contributed by atoms with Crippen molar-refractivity contribution in [3.63, 3.8) is 0 Å². The maximum absolute atomic E-state index is 5.82. The molecular weight excluding hydrogens is 250 g/mol. The van der Waals surface area contributed by atoms with E-state index in [1.165, 1.54) is 18.4 Å². The van der Waals surface area contributed by atoms with E-state index in [2.05, 4.69) is 17.4 Å². The molecule has 0 spiro atoms. The Hall–Kier alpha value is -2.00. The Morgan fingerprint density at radius 2 is 1.50 bits per heavy atom. The second-order valence-electron chi connectivity index (χ2n) is 5.00. The first kappa shape index (κ1) is 13.0. The predicted molar refractivity (Wildman–Crippen MR) is 79.5 cm³/mol. The van der Waals surface area contributed by atoms with E-state index < -0.39 is 0 Å². The fourth-order valence-corrected chi connectivity index (χ4v) is 2.52. The van der Waals surface area contributed by atoms with Gasteiger partial charge in [0.2, 0.25) is 0 Å². The van der Waals surface area contributed by atoms with Crippen LogP contribution >= 0.6 is 0 Å². The third kappa shape index (κ3) is 2.94. The molecule has 0 bridgehead atoms. The van der Waals surface area contributed by atoms with E-state index in [9.17, 15) is 0 Å². The molecule has 104 valence electrons. The second-order valence-corrected chi connectivity index (χ2v) is 5.00. The summed E-state index contributed by atoms with van der Waals surface area (Å²) < 4.78 is 10.9. The number of hydrogen-bond donors (Lipinski definition) is 1. The third-order valence-corrected chi connectivity index (χ3v) is 3.64. The Balaban J connectivity index is 1.67. The first-order valence-electron chi connectivity index (χ1n) is 7.00. The zero-order valence-electron chi connectivity index (χ0n) is 11.6. The van der Waals surface area contributed by atoms with Crippen LogP contribution in [0.5, 0.6) is 17.2 Å². The molecule has 1 N–H and O–H groups in total. The molecule has 0 radical (unpaired) electrons. The van der Waals surface area contributed by atoms with Gasteiger partial charge in [0.15, 0.2) is 0 Å². The van der Waals surface area contributed by atoms with Crippen LogP contribution in [0.1, 0.15) is 24.4 Å². The van der Waals surface area contributed by atoms with Crippen LogP contribution in [0.25, 0.3) is 0 Å². The molecular formula is C17H19NO2. The zero-order valence-corrected chi connectivity index (χ0v) is 11.6. The topological polar surface area (TPSA) is 30.5 Å². The lowest BCUT2D eigenvalue weighted by molar-refractivity contribution is 0.413. The summed E-state index contributed by atoms with van der Waals surface area (Å²) in [5.41, 5.74) is 1.34. The molecule has 1 aliphatic rings. The molecule has 1 saturated heterocycles. The van der Waals surface area contributed by atoms with Crippen LogP contribution in [-0.2, 0) is 0 Å². The predicted octanol–water partition coefficient (Wildman–Crippen LogP) is 3.91. The molecule has 0 aromatic heterocycles. The smallest absolute Gasteiger partial charge is 0.127 e. The number of nitrogens with one attached hydrogen (secondary N) is 1. The fourth-order valence-electron chi connectivity index (χ4n) is 2.52. The summed E-state index contributed by atoms with van der Waals surface area (Å²) >= 11 is 0. The van der Waals surface area contributed by atoms with Crippen LogP contribution in [-0.4, -0.2) is 13.7 Å². The lowest BCUT2D eigenvalue weighted by atomic mass is 10.1. The van der Waals surface area contributed by atoms with E-state index >= 15 is 0 Å². The van der Waals surface area contributed by atoms with Crippen molar-refractivity contribution in [3.05, 3.63) is 54.1 Å². The van der Waals surface area contributed by atoms with Crippen LogP contribution in [0.3, 0.4) is 0 Å². The van der Waals surface area contributed by atoms with E-state index in [-0.39, 0.29) is 0 Å². The minimum atomic E-state index is 0.505. The van der Waals surface area contributed by atoms with Crippen molar-refractivity contribution >= 4 is 0 Å². The Bertz CT molecular complexity index is 542. The molecule has 3 heteroatoms. The maximum Gasteiger partial charge on any atom is 0.127 e. The van der Waals surface area contributed by atoms with E-state index in [0.29, 0.717) is 6.04 Å². The van der Waals surface area contributed by atoms with Crippen LogP contribution < -0.4 is 14.8 Å². The number of ether oxygens (including phenoxy) is 2. The highest BCUT2D eigenvalue weighted by molar-refractivity contribution is 5.36. The minimum Gasteiger partial charge on any atom is -0.497 e. The molecule has 1 unspecified atom stereocenters. The van der Waals surface area contributed by atoms with Crippen molar-refractivity contribution in [2.75, 3.05) is 13.7 Å². The van der Waals surface area contributed by atoms with Gasteiger partial charge in [-0.15, -0.1) is 0 Å². The number of hydrogen-bond acceptors (Lipinski definition) is 3. The van der Waals surface area contributed by atoms with Crippen LogP contribution in [0, 0.1) is 0 Å².